The molecule has 2 fully saturated rings. The van der Waals surface area contributed by atoms with Crippen LogP contribution in [-0.4, -0.2) is 141 Å². The smallest absolute Gasteiger partial charge is 0.132 e. The van der Waals surface area contributed by atoms with Crippen LogP contribution < -0.4 is 11.1 Å². The maximum atomic E-state index is 10.7. The van der Waals surface area contributed by atoms with Crippen molar-refractivity contribution in [3.63, 3.8) is 0 Å². The number of nitrogens with two attached hydrogens (primary N) is 1. The Kier molecular flexibility index (Phi) is 18.9. The third-order valence-corrected chi connectivity index (χ3v) is 5.48. The van der Waals surface area contributed by atoms with Crippen LogP contribution in [0.5, 0.6) is 0 Å². The van der Waals surface area contributed by atoms with Gasteiger partial charge in [0.2, 0.25) is 0 Å². The number of aliphatic hydroxyl groups is 8. The lowest BCUT2D eigenvalue weighted by molar-refractivity contribution is -0.189. The molecule has 0 aromatic heterocycles. The first-order valence-corrected chi connectivity index (χ1v) is 12.0. The zero-order valence-electron chi connectivity index (χ0n) is 20.6. The average Bonchev–Trinajstić information content (AvgIpc) is 2.81. The molecule has 0 radical (unpaired) electrons. The molecule has 2 heterocycles. The Morgan fingerprint density at radius 1 is 0.886 bits per heavy atom. The molecule has 210 valence electrons. The minimum atomic E-state index is -1.22. The molecule has 0 aromatic rings. The van der Waals surface area contributed by atoms with E-state index in [9.17, 15) is 30.3 Å². The molecule has 0 bridgehead atoms. The van der Waals surface area contributed by atoms with E-state index < -0.39 is 48.8 Å². The van der Waals surface area contributed by atoms with Crippen molar-refractivity contribution in [1.29, 1.82) is 0 Å². The Labute approximate surface area is 206 Å². The summed E-state index contributed by atoms with van der Waals surface area (Å²) >= 11 is 0. The molecule has 0 amide bonds. The van der Waals surface area contributed by atoms with Gasteiger partial charge in [-0.05, 0) is 46.2 Å². The maximum Gasteiger partial charge on any atom is 0.132 e. The number of nitrogens with one attached hydrogen (secondary N) is 1. The summed E-state index contributed by atoms with van der Waals surface area (Å²) < 4.78 is 10.3. The van der Waals surface area contributed by atoms with Crippen molar-refractivity contribution < 1.29 is 55.1 Å². The Bertz CT molecular complexity index is 544. The van der Waals surface area contributed by atoms with E-state index in [1.807, 2.05) is 6.92 Å². The molecule has 9 atom stereocenters. The van der Waals surface area contributed by atoms with Crippen molar-refractivity contribution in [2.24, 2.45) is 5.73 Å². The van der Waals surface area contributed by atoms with E-state index in [0.717, 1.165) is 6.42 Å². The molecular formula is C22H46N2O11. The highest BCUT2D eigenvalue weighted by Gasteiger charge is 2.38. The van der Waals surface area contributed by atoms with Gasteiger partial charge in [0.05, 0.1) is 25.4 Å². The van der Waals surface area contributed by atoms with Crippen LogP contribution in [-0.2, 0) is 14.3 Å². The maximum absolute atomic E-state index is 10.7. The molecular weight excluding hydrogens is 468 g/mol. The molecule has 1 unspecified atom stereocenters. The molecule has 0 aromatic carbocycles. The second-order valence-corrected chi connectivity index (χ2v) is 8.78. The lowest BCUT2D eigenvalue weighted by atomic mass is 9.95. The number of aliphatic hydroxyl groups excluding tert-OH is 8. The summed E-state index contributed by atoms with van der Waals surface area (Å²) in [5.74, 6) is -0.118. The summed E-state index contributed by atoms with van der Waals surface area (Å²) in [6.45, 7) is 4.99. The van der Waals surface area contributed by atoms with Crippen molar-refractivity contribution in [3.05, 3.63) is 0 Å². The zero-order valence-corrected chi connectivity index (χ0v) is 20.6. The van der Waals surface area contributed by atoms with Crippen LogP contribution in [0.3, 0.4) is 0 Å². The van der Waals surface area contributed by atoms with Crippen molar-refractivity contribution in [1.82, 2.24) is 5.32 Å². The van der Waals surface area contributed by atoms with E-state index in [4.69, 9.17) is 30.5 Å². The predicted octanol–water partition coefficient (Wildman–Crippen LogP) is -4.01. The van der Waals surface area contributed by atoms with E-state index in [-0.39, 0.29) is 44.7 Å². The number of hydrogen-bond acceptors (Lipinski definition) is 13. The SMILES string of the molecule is CC(=O)C[C@@H]1OC[C@@H](O)[C@H](O)[C@H]1O.CC(C[C@@H]1OC[C@@H](O)[C@H](O)[C@H]1O)NCCCO.NCCCO. The van der Waals surface area contributed by atoms with E-state index in [2.05, 4.69) is 5.32 Å². The van der Waals surface area contributed by atoms with Gasteiger partial charge in [-0.2, -0.15) is 0 Å². The van der Waals surface area contributed by atoms with E-state index in [0.29, 0.717) is 25.9 Å². The van der Waals surface area contributed by atoms with Gasteiger partial charge in [0.15, 0.2) is 0 Å². The fourth-order valence-electron chi connectivity index (χ4n) is 3.35. The topological polar surface area (TPSA) is 235 Å². The summed E-state index contributed by atoms with van der Waals surface area (Å²) in [6, 6.07) is 0.114. The second kappa shape index (κ2) is 19.3. The van der Waals surface area contributed by atoms with Crippen molar-refractivity contribution in [2.75, 3.05) is 39.5 Å². The summed E-state index contributed by atoms with van der Waals surface area (Å²) in [5, 5.41) is 76.0. The van der Waals surface area contributed by atoms with Crippen molar-refractivity contribution in [3.8, 4) is 0 Å². The van der Waals surface area contributed by atoms with Gasteiger partial charge in [0.25, 0.3) is 0 Å². The van der Waals surface area contributed by atoms with E-state index in [1.165, 1.54) is 6.92 Å². The number of hydrogen-bond donors (Lipinski definition) is 10. The Balaban J connectivity index is 0.000000567. The molecule has 13 nitrogen and oxygen atoms in total. The Hall–Kier alpha value is -0.810. The first-order valence-electron chi connectivity index (χ1n) is 12.0. The highest BCUT2D eigenvalue weighted by molar-refractivity contribution is 5.76. The van der Waals surface area contributed by atoms with Gasteiger partial charge in [-0.3, -0.25) is 4.79 Å². The lowest BCUT2D eigenvalue weighted by Crippen LogP contribution is -2.54. The van der Waals surface area contributed by atoms with E-state index >= 15 is 0 Å². The minimum Gasteiger partial charge on any atom is -0.396 e. The van der Waals surface area contributed by atoms with Crippen LogP contribution in [0.4, 0.5) is 0 Å². The van der Waals surface area contributed by atoms with Crippen LogP contribution in [0, 0.1) is 0 Å². The van der Waals surface area contributed by atoms with Gasteiger partial charge in [-0.15, -0.1) is 0 Å². The molecule has 11 N–H and O–H groups in total. The molecule has 0 saturated carbocycles. The Morgan fingerprint density at radius 3 is 1.80 bits per heavy atom. The van der Waals surface area contributed by atoms with Crippen LogP contribution in [0.25, 0.3) is 0 Å². The summed E-state index contributed by atoms with van der Waals surface area (Å²) in [7, 11) is 0. The van der Waals surface area contributed by atoms with Gasteiger partial charge in [-0.1, -0.05) is 0 Å². The fourth-order valence-corrected chi connectivity index (χ4v) is 3.35. The van der Waals surface area contributed by atoms with Crippen LogP contribution >= 0.6 is 0 Å². The number of carbonyl (C=O) groups excluding carboxylic acids is 1. The summed E-state index contributed by atoms with van der Waals surface area (Å²) in [4.78, 5) is 10.7. The standard InChI is InChI=1S/C11H23NO5.C8H14O5.C3H9NO/c1-7(12-3-2-4-13)5-9-11(16)10(15)8(14)6-17-9;1-4(9)2-6-8(12)7(11)5(10)3-13-6;4-2-1-3-5/h7-16H,2-6H2,1H3;5-8,10-12H,2-3H2,1H3;5H,1-4H2/t7?,8-,9+,10+,11+;5-,6+,7+,8+;/m11./s1. The molecule has 2 rings (SSSR count). The van der Waals surface area contributed by atoms with Gasteiger partial charge in [0.1, 0.15) is 42.4 Å². The number of ether oxygens (including phenoxy) is 2. The predicted molar refractivity (Wildman–Crippen MR) is 125 cm³/mol. The second-order valence-electron chi connectivity index (χ2n) is 8.78. The first kappa shape index (κ1) is 34.2. The number of Topliss-reactive ketones (excluding diaryl/α,β-unsaturated/α-hetero) is 1. The average molecular weight is 515 g/mol. The molecule has 2 saturated heterocycles. The molecule has 35 heavy (non-hydrogen) atoms. The van der Waals surface area contributed by atoms with Crippen LogP contribution in [0.1, 0.15) is 39.5 Å². The van der Waals surface area contributed by atoms with Crippen LogP contribution in [0.2, 0.25) is 0 Å². The summed E-state index contributed by atoms with van der Waals surface area (Å²) in [5.41, 5.74) is 4.98. The normalized spacial score (nSPS) is 33.6. The number of carbonyl (C=O) groups is 1. The van der Waals surface area contributed by atoms with Gasteiger partial charge >= 0.3 is 0 Å². The molecule has 2 aliphatic rings. The van der Waals surface area contributed by atoms with Crippen LogP contribution in [0.15, 0.2) is 0 Å². The third-order valence-electron chi connectivity index (χ3n) is 5.48. The third kappa shape index (κ3) is 13.9. The number of ketones is 1. The fraction of sp³-hybridized carbons (Fsp3) is 0.955. The molecule has 0 spiro atoms. The lowest BCUT2D eigenvalue weighted by Gasteiger charge is -2.36. The summed E-state index contributed by atoms with van der Waals surface area (Å²) in [6.07, 6.45) is -5.84. The van der Waals surface area contributed by atoms with Gasteiger partial charge < -0.3 is 61.4 Å². The highest BCUT2D eigenvalue weighted by atomic mass is 16.5. The molecule has 2 aliphatic heterocycles. The van der Waals surface area contributed by atoms with Crippen molar-refractivity contribution >= 4 is 5.78 Å². The zero-order chi connectivity index (χ0) is 27.0. The van der Waals surface area contributed by atoms with Gasteiger partial charge in [0, 0.05) is 25.7 Å². The molecule has 0 aliphatic carbocycles. The van der Waals surface area contributed by atoms with E-state index in [1.54, 1.807) is 0 Å². The Morgan fingerprint density at radius 2 is 1.37 bits per heavy atom. The highest BCUT2D eigenvalue weighted by Crippen LogP contribution is 2.19. The minimum absolute atomic E-state index is 0.0455. The van der Waals surface area contributed by atoms with Gasteiger partial charge in [-0.25, -0.2) is 0 Å². The van der Waals surface area contributed by atoms with Crippen molar-refractivity contribution in [2.45, 2.75) is 94.4 Å². The number of rotatable bonds is 10. The largest absolute Gasteiger partial charge is 0.396 e. The quantitative estimate of drug-likeness (QED) is 0.125. The first-order chi connectivity index (χ1) is 16.5. The monoisotopic (exact) mass is 514 g/mol. The molecule has 13 heteroatoms.